The molecule has 0 unspecified atom stereocenters. The van der Waals surface area contributed by atoms with E-state index in [4.69, 9.17) is 0 Å². The van der Waals surface area contributed by atoms with Gasteiger partial charge < -0.3 is 4.90 Å². The highest BCUT2D eigenvalue weighted by molar-refractivity contribution is 5.85. The minimum Gasteiger partial charge on any atom is -0.358 e. The van der Waals surface area contributed by atoms with Crippen LogP contribution in [0.3, 0.4) is 0 Å². The van der Waals surface area contributed by atoms with Gasteiger partial charge in [0.15, 0.2) is 0 Å². The van der Waals surface area contributed by atoms with Crippen LogP contribution in [0.1, 0.15) is 34.1 Å². The zero-order chi connectivity index (χ0) is 9.84. The van der Waals surface area contributed by atoms with E-state index in [1.165, 1.54) is 12.4 Å². The molecule has 0 aromatic heterocycles. The topological polar surface area (TPSA) is 15.6 Å². The van der Waals surface area contributed by atoms with Crippen LogP contribution in [0.25, 0.3) is 0 Å². The molecular formula is C11H23ClN2. The molecule has 0 spiro atoms. The van der Waals surface area contributed by atoms with Crippen molar-refractivity contribution in [1.82, 2.24) is 4.90 Å². The maximum Gasteiger partial charge on any atom is 0.0993 e. The van der Waals surface area contributed by atoms with Crippen molar-refractivity contribution in [3.05, 3.63) is 0 Å². The lowest BCUT2D eigenvalue weighted by molar-refractivity contribution is 0.383. The standard InChI is InChI=1S/C11H22N2.ClH/c1-9(2)7-11-12-5-6-13(11)8-10(3)4;/h9-10H,5-8H2,1-4H3;1H. The first-order chi connectivity index (χ1) is 6.09. The first-order valence-electron chi connectivity index (χ1n) is 5.38. The Bertz CT molecular complexity index is 188. The summed E-state index contributed by atoms with van der Waals surface area (Å²) in [6.45, 7) is 12.4. The van der Waals surface area contributed by atoms with E-state index < -0.39 is 0 Å². The van der Waals surface area contributed by atoms with E-state index in [0.717, 1.165) is 31.3 Å². The van der Waals surface area contributed by atoms with Crippen molar-refractivity contribution in [2.45, 2.75) is 34.1 Å². The molecule has 1 aliphatic heterocycles. The van der Waals surface area contributed by atoms with Gasteiger partial charge in [-0.05, 0) is 11.8 Å². The van der Waals surface area contributed by atoms with E-state index in [1.54, 1.807) is 0 Å². The summed E-state index contributed by atoms with van der Waals surface area (Å²) in [4.78, 5) is 7.00. The molecule has 0 aromatic carbocycles. The number of hydrogen-bond acceptors (Lipinski definition) is 2. The third-order valence-electron chi connectivity index (χ3n) is 2.21. The Hall–Kier alpha value is -0.240. The number of aliphatic imine (C=N–C) groups is 1. The van der Waals surface area contributed by atoms with Crippen LogP contribution in [0, 0.1) is 11.8 Å². The summed E-state index contributed by atoms with van der Waals surface area (Å²) in [5, 5.41) is 0. The fraction of sp³-hybridized carbons (Fsp3) is 0.909. The van der Waals surface area contributed by atoms with Gasteiger partial charge in [0, 0.05) is 19.5 Å². The van der Waals surface area contributed by atoms with Crippen LogP contribution in [0.2, 0.25) is 0 Å². The van der Waals surface area contributed by atoms with Gasteiger partial charge in [-0.1, -0.05) is 27.7 Å². The lowest BCUT2D eigenvalue weighted by atomic mass is 10.1. The maximum absolute atomic E-state index is 4.55. The largest absolute Gasteiger partial charge is 0.358 e. The molecule has 0 saturated heterocycles. The average Bonchev–Trinajstić information content (AvgIpc) is 2.34. The predicted molar refractivity (Wildman–Crippen MR) is 65.4 cm³/mol. The van der Waals surface area contributed by atoms with Gasteiger partial charge in [0.2, 0.25) is 0 Å². The molecule has 1 aliphatic rings. The molecule has 0 bridgehead atoms. The van der Waals surface area contributed by atoms with E-state index in [-0.39, 0.29) is 12.4 Å². The van der Waals surface area contributed by atoms with Crippen molar-refractivity contribution in [2.75, 3.05) is 19.6 Å². The number of amidine groups is 1. The summed E-state index contributed by atoms with van der Waals surface area (Å²) >= 11 is 0. The quantitative estimate of drug-likeness (QED) is 0.709. The number of halogens is 1. The van der Waals surface area contributed by atoms with Gasteiger partial charge in [0.1, 0.15) is 0 Å². The predicted octanol–water partition coefficient (Wildman–Crippen LogP) is 2.82. The molecule has 1 rings (SSSR count). The normalized spacial score (nSPS) is 16.1. The first-order valence-corrected chi connectivity index (χ1v) is 5.38. The molecule has 0 atom stereocenters. The van der Waals surface area contributed by atoms with Gasteiger partial charge in [-0.3, -0.25) is 4.99 Å². The van der Waals surface area contributed by atoms with Crippen LogP contribution < -0.4 is 0 Å². The van der Waals surface area contributed by atoms with Gasteiger partial charge in [-0.2, -0.15) is 0 Å². The van der Waals surface area contributed by atoms with Crippen molar-refractivity contribution in [1.29, 1.82) is 0 Å². The smallest absolute Gasteiger partial charge is 0.0993 e. The van der Waals surface area contributed by atoms with Gasteiger partial charge >= 0.3 is 0 Å². The molecule has 2 nitrogen and oxygen atoms in total. The Labute approximate surface area is 94.2 Å². The fourth-order valence-corrected chi connectivity index (χ4v) is 1.73. The van der Waals surface area contributed by atoms with E-state index >= 15 is 0 Å². The number of rotatable bonds is 4. The van der Waals surface area contributed by atoms with Crippen LogP contribution >= 0.6 is 12.4 Å². The van der Waals surface area contributed by atoms with E-state index in [9.17, 15) is 0 Å². The van der Waals surface area contributed by atoms with Crippen LogP contribution in [-0.2, 0) is 0 Å². The van der Waals surface area contributed by atoms with E-state index in [1.807, 2.05) is 0 Å². The lowest BCUT2D eigenvalue weighted by Crippen LogP contribution is -2.32. The van der Waals surface area contributed by atoms with E-state index in [2.05, 4.69) is 37.6 Å². The summed E-state index contributed by atoms with van der Waals surface area (Å²) < 4.78 is 0. The second kappa shape index (κ2) is 6.28. The molecule has 0 radical (unpaired) electrons. The Morgan fingerprint density at radius 1 is 1.21 bits per heavy atom. The highest BCUT2D eigenvalue weighted by Gasteiger charge is 2.17. The Kier molecular flexibility index (Phi) is 6.17. The molecular weight excluding hydrogens is 196 g/mol. The molecule has 0 fully saturated rings. The Balaban J connectivity index is 0.00000169. The van der Waals surface area contributed by atoms with Crippen LogP contribution in [0.15, 0.2) is 4.99 Å². The SMILES string of the molecule is CC(C)CC1=NCCN1CC(C)C.Cl. The second-order valence-electron chi connectivity index (χ2n) is 4.74. The zero-order valence-corrected chi connectivity index (χ0v) is 10.6. The van der Waals surface area contributed by atoms with Crippen molar-refractivity contribution in [3.63, 3.8) is 0 Å². The van der Waals surface area contributed by atoms with Gasteiger partial charge in [-0.15, -0.1) is 12.4 Å². The number of hydrogen-bond donors (Lipinski definition) is 0. The monoisotopic (exact) mass is 218 g/mol. The molecule has 0 aromatic rings. The summed E-state index contributed by atoms with van der Waals surface area (Å²) in [5.74, 6) is 2.81. The van der Waals surface area contributed by atoms with Crippen LogP contribution in [0.5, 0.6) is 0 Å². The van der Waals surface area contributed by atoms with Crippen molar-refractivity contribution in [2.24, 2.45) is 16.8 Å². The molecule has 0 saturated carbocycles. The highest BCUT2D eigenvalue weighted by atomic mass is 35.5. The molecule has 0 aliphatic carbocycles. The van der Waals surface area contributed by atoms with E-state index in [0.29, 0.717) is 0 Å². The third kappa shape index (κ3) is 4.32. The molecule has 0 N–H and O–H groups in total. The summed E-state index contributed by atoms with van der Waals surface area (Å²) in [5.41, 5.74) is 0. The average molecular weight is 219 g/mol. The summed E-state index contributed by atoms with van der Waals surface area (Å²) in [7, 11) is 0. The molecule has 0 amide bonds. The second-order valence-corrected chi connectivity index (χ2v) is 4.74. The minimum absolute atomic E-state index is 0. The maximum atomic E-state index is 4.55. The zero-order valence-electron chi connectivity index (χ0n) is 9.79. The highest BCUT2D eigenvalue weighted by Crippen LogP contribution is 2.12. The lowest BCUT2D eigenvalue weighted by Gasteiger charge is -2.23. The van der Waals surface area contributed by atoms with Crippen molar-refractivity contribution >= 4 is 18.2 Å². The third-order valence-corrected chi connectivity index (χ3v) is 2.21. The minimum atomic E-state index is 0. The Morgan fingerprint density at radius 3 is 2.36 bits per heavy atom. The van der Waals surface area contributed by atoms with Gasteiger partial charge in [0.25, 0.3) is 0 Å². The van der Waals surface area contributed by atoms with Crippen molar-refractivity contribution in [3.8, 4) is 0 Å². The van der Waals surface area contributed by atoms with Crippen LogP contribution in [0.4, 0.5) is 0 Å². The fourth-order valence-electron chi connectivity index (χ4n) is 1.73. The number of nitrogens with zero attached hydrogens (tertiary/aromatic N) is 2. The molecule has 3 heteroatoms. The van der Waals surface area contributed by atoms with Gasteiger partial charge in [-0.25, -0.2) is 0 Å². The Morgan fingerprint density at radius 2 is 1.86 bits per heavy atom. The van der Waals surface area contributed by atoms with Crippen molar-refractivity contribution < 1.29 is 0 Å². The first kappa shape index (κ1) is 13.8. The summed E-state index contributed by atoms with van der Waals surface area (Å²) in [6, 6.07) is 0. The summed E-state index contributed by atoms with van der Waals surface area (Å²) in [6.07, 6.45) is 1.15. The molecule has 84 valence electrons. The molecule has 14 heavy (non-hydrogen) atoms. The van der Waals surface area contributed by atoms with Crippen LogP contribution in [-0.4, -0.2) is 30.4 Å². The molecule has 1 heterocycles. The van der Waals surface area contributed by atoms with Gasteiger partial charge in [0.05, 0.1) is 12.4 Å².